The van der Waals surface area contributed by atoms with Gasteiger partial charge in [-0.25, -0.2) is 0 Å². The number of aryl methyl sites for hydroxylation is 1. The zero-order chi connectivity index (χ0) is 14.0. The molecule has 5 nitrogen and oxygen atoms in total. The van der Waals surface area contributed by atoms with Crippen LogP contribution in [0.5, 0.6) is 0 Å². The average Bonchev–Trinajstić information content (AvgIpc) is 2.76. The van der Waals surface area contributed by atoms with Gasteiger partial charge in [-0.2, -0.15) is 5.10 Å². The highest BCUT2D eigenvalue weighted by atomic mass is 16.5. The fourth-order valence-electron chi connectivity index (χ4n) is 2.95. The van der Waals surface area contributed by atoms with Crippen LogP contribution in [-0.2, 0) is 11.8 Å². The van der Waals surface area contributed by atoms with Crippen molar-refractivity contribution in [1.29, 1.82) is 0 Å². The van der Waals surface area contributed by atoms with Gasteiger partial charge in [0.1, 0.15) is 0 Å². The highest BCUT2D eigenvalue weighted by molar-refractivity contribution is 5.14. The van der Waals surface area contributed by atoms with Gasteiger partial charge in [0.25, 0.3) is 0 Å². The molecule has 4 atom stereocenters. The Hall–Kier alpha value is -0.910. The van der Waals surface area contributed by atoms with Crippen LogP contribution in [0.2, 0.25) is 0 Å². The smallest absolute Gasteiger partial charge is 0.0675 e. The summed E-state index contributed by atoms with van der Waals surface area (Å²) in [6.07, 6.45) is 5.35. The van der Waals surface area contributed by atoms with Gasteiger partial charge in [0.15, 0.2) is 0 Å². The highest BCUT2D eigenvalue weighted by Gasteiger charge is 2.34. The monoisotopic (exact) mass is 266 g/mol. The fraction of sp³-hybridized carbons (Fsp3) is 0.786. The van der Waals surface area contributed by atoms with Crippen molar-refractivity contribution < 1.29 is 4.74 Å². The third-order valence-corrected chi connectivity index (χ3v) is 3.90. The standard InChI is InChI=1S/C14H26N4O/c1-5-13-9-19-10(2)7-18(13)14(11(3)15)12-6-16-17(4)8-12/h6,8,10-11,13-14H,5,7,9,15H2,1-4H3. The zero-order valence-corrected chi connectivity index (χ0v) is 12.4. The van der Waals surface area contributed by atoms with Gasteiger partial charge in [-0.05, 0) is 20.3 Å². The average molecular weight is 266 g/mol. The summed E-state index contributed by atoms with van der Waals surface area (Å²) in [7, 11) is 1.95. The molecule has 0 amide bonds. The number of aromatic nitrogens is 2. The molecule has 5 heteroatoms. The van der Waals surface area contributed by atoms with E-state index in [9.17, 15) is 0 Å². The van der Waals surface area contributed by atoms with Crippen molar-refractivity contribution in [3.8, 4) is 0 Å². The van der Waals surface area contributed by atoms with Crippen molar-refractivity contribution in [2.45, 2.75) is 51.4 Å². The molecule has 0 spiro atoms. The molecule has 108 valence electrons. The van der Waals surface area contributed by atoms with Gasteiger partial charge in [-0.15, -0.1) is 0 Å². The van der Waals surface area contributed by atoms with Gasteiger partial charge in [0, 0.05) is 37.4 Å². The molecule has 1 saturated heterocycles. The van der Waals surface area contributed by atoms with Gasteiger partial charge < -0.3 is 10.5 Å². The van der Waals surface area contributed by atoms with E-state index in [1.807, 2.05) is 17.9 Å². The van der Waals surface area contributed by atoms with Gasteiger partial charge in [0.05, 0.1) is 24.9 Å². The molecule has 0 bridgehead atoms. The lowest BCUT2D eigenvalue weighted by molar-refractivity contribution is -0.0762. The number of nitrogens with zero attached hydrogens (tertiary/aromatic N) is 3. The molecule has 0 aromatic carbocycles. The van der Waals surface area contributed by atoms with Crippen LogP contribution in [0.25, 0.3) is 0 Å². The van der Waals surface area contributed by atoms with Crippen LogP contribution >= 0.6 is 0 Å². The van der Waals surface area contributed by atoms with Crippen molar-refractivity contribution >= 4 is 0 Å². The summed E-state index contributed by atoms with van der Waals surface area (Å²) in [6.45, 7) is 8.13. The lowest BCUT2D eigenvalue weighted by atomic mass is 9.98. The first-order valence-corrected chi connectivity index (χ1v) is 7.14. The molecule has 1 fully saturated rings. The Morgan fingerprint density at radius 2 is 2.32 bits per heavy atom. The molecule has 0 radical (unpaired) electrons. The first kappa shape index (κ1) is 14.5. The topological polar surface area (TPSA) is 56.3 Å². The maximum atomic E-state index is 6.25. The van der Waals surface area contributed by atoms with Gasteiger partial charge in [-0.1, -0.05) is 6.92 Å². The third kappa shape index (κ3) is 3.16. The minimum atomic E-state index is 0.0727. The van der Waals surface area contributed by atoms with Gasteiger partial charge >= 0.3 is 0 Å². The maximum Gasteiger partial charge on any atom is 0.0675 e. The summed E-state index contributed by atoms with van der Waals surface area (Å²) in [6, 6.07) is 0.723. The van der Waals surface area contributed by atoms with E-state index in [1.54, 1.807) is 0 Å². The predicted molar refractivity (Wildman–Crippen MR) is 75.8 cm³/mol. The number of hydrogen-bond acceptors (Lipinski definition) is 4. The van der Waals surface area contributed by atoms with Crippen molar-refractivity contribution in [2.75, 3.05) is 13.2 Å². The quantitative estimate of drug-likeness (QED) is 0.892. The number of hydrogen-bond donors (Lipinski definition) is 1. The van der Waals surface area contributed by atoms with E-state index in [4.69, 9.17) is 10.5 Å². The van der Waals surface area contributed by atoms with Crippen molar-refractivity contribution in [3.05, 3.63) is 18.0 Å². The molecule has 0 aliphatic carbocycles. The lowest BCUT2D eigenvalue weighted by Crippen LogP contribution is -2.53. The number of morpholine rings is 1. The largest absolute Gasteiger partial charge is 0.376 e. The maximum absolute atomic E-state index is 6.25. The summed E-state index contributed by atoms with van der Waals surface area (Å²) < 4.78 is 7.62. The van der Waals surface area contributed by atoms with Crippen LogP contribution in [0, 0.1) is 0 Å². The first-order chi connectivity index (χ1) is 9.02. The Morgan fingerprint density at radius 3 is 2.84 bits per heavy atom. The Kier molecular flexibility index (Phi) is 4.60. The van der Waals surface area contributed by atoms with Crippen LogP contribution < -0.4 is 5.73 Å². The van der Waals surface area contributed by atoms with Crippen LogP contribution in [0.4, 0.5) is 0 Å². The van der Waals surface area contributed by atoms with Crippen molar-refractivity contribution in [3.63, 3.8) is 0 Å². The molecule has 4 unspecified atom stereocenters. The number of ether oxygens (including phenoxy) is 1. The minimum absolute atomic E-state index is 0.0727. The normalized spacial score (nSPS) is 28.3. The number of nitrogens with two attached hydrogens (primary N) is 1. The summed E-state index contributed by atoms with van der Waals surface area (Å²) >= 11 is 0. The van der Waals surface area contributed by atoms with Crippen molar-refractivity contribution in [1.82, 2.24) is 14.7 Å². The second-order valence-electron chi connectivity index (χ2n) is 5.65. The van der Waals surface area contributed by atoms with Gasteiger partial charge in [-0.3, -0.25) is 9.58 Å². The molecule has 2 heterocycles. The van der Waals surface area contributed by atoms with E-state index in [0.717, 1.165) is 19.6 Å². The second-order valence-corrected chi connectivity index (χ2v) is 5.65. The van der Waals surface area contributed by atoms with E-state index in [0.29, 0.717) is 6.04 Å². The fourth-order valence-corrected chi connectivity index (χ4v) is 2.95. The van der Waals surface area contributed by atoms with E-state index in [-0.39, 0.29) is 18.2 Å². The lowest BCUT2D eigenvalue weighted by Gasteiger charge is -2.44. The highest BCUT2D eigenvalue weighted by Crippen LogP contribution is 2.29. The Bertz CT molecular complexity index is 404. The summed E-state index contributed by atoms with van der Waals surface area (Å²) in [5.74, 6) is 0. The molecule has 19 heavy (non-hydrogen) atoms. The van der Waals surface area contributed by atoms with Crippen LogP contribution in [0.1, 0.15) is 38.8 Å². The molecular weight excluding hydrogens is 240 g/mol. The van der Waals surface area contributed by atoms with E-state index in [2.05, 4.69) is 37.0 Å². The zero-order valence-electron chi connectivity index (χ0n) is 12.4. The summed E-state index contributed by atoms with van der Waals surface area (Å²) in [5, 5.41) is 4.29. The second kappa shape index (κ2) is 6.03. The molecule has 2 rings (SSSR count). The van der Waals surface area contributed by atoms with Gasteiger partial charge in [0.2, 0.25) is 0 Å². The van der Waals surface area contributed by atoms with Crippen molar-refractivity contribution in [2.24, 2.45) is 12.8 Å². The molecule has 0 saturated carbocycles. The van der Waals surface area contributed by atoms with E-state index < -0.39 is 0 Å². The summed E-state index contributed by atoms with van der Waals surface area (Å²) in [4.78, 5) is 2.50. The van der Waals surface area contributed by atoms with Crippen LogP contribution in [-0.4, -0.2) is 46.0 Å². The third-order valence-electron chi connectivity index (χ3n) is 3.90. The molecule has 1 aliphatic rings. The Morgan fingerprint density at radius 1 is 1.58 bits per heavy atom. The molecule has 1 aromatic heterocycles. The molecule has 2 N–H and O–H groups in total. The first-order valence-electron chi connectivity index (χ1n) is 7.14. The van der Waals surface area contributed by atoms with E-state index in [1.165, 1.54) is 5.56 Å². The van der Waals surface area contributed by atoms with Crippen LogP contribution in [0.3, 0.4) is 0 Å². The molecule has 1 aliphatic heterocycles. The number of rotatable bonds is 4. The Labute approximate surface area is 115 Å². The minimum Gasteiger partial charge on any atom is -0.376 e. The molecular formula is C14H26N4O. The predicted octanol–water partition coefficient (Wildman–Crippen LogP) is 1.31. The van der Waals surface area contributed by atoms with E-state index >= 15 is 0 Å². The Balaban J connectivity index is 2.26. The van der Waals surface area contributed by atoms with Crippen LogP contribution in [0.15, 0.2) is 12.4 Å². The molecule has 1 aromatic rings. The SMILES string of the molecule is CCC1COC(C)CN1C(c1cnn(C)c1)C(C)N. The summed E-state index contributed by atoms with van der Waals surface area (Å²) in [5.41, 5.74) is 7.45.